The summed E-state index contributed by atoms with van der Waals surface area (Å²) < 4.78 is 7.23. The second kappa shape index (κ2) is 8.14. The molecule has 6 heteroatoms. The fourth-order valence-electron chi connectivity index (χ4n) is 3.85. The van der Waals surface area contributed by atoms with Crippen LogP contribution in [-0.4, -0.2) is 20.7 Å². The highest BCUT2D eigenvalue weighted by Crippen LogP contribution is 2.28. The van der Waals surface area contributed by atoms with Crippen LogP contribution in [0.5, 0.6) is 0 Å². The average Bonchev–Trinajstić information content (AvgIpc) is 3.36. The Morgan fingerprint density at radius 1 is 1.17 bits per heavy atom. The van der Waals surface area contributed by atoms with Crippen LogP contribution in [0.2, 0.25) is 0 Å². The number of furan rings is 1. The molecule has 1 atom stereocenters. The van der Waals surface area contributed by atoms with E-state index in [0.29, 0.717) is 28.6 Å². The second-order valence-electron chi connectivity index (χ2n) is 8.01. The minimum Gasteiger partial charge on any atom is -0.463 e. The van der Waals surface area contributed by atoms with Crippen molar-refractivity contribution in [1.29, 1.82) is 0 Å². The minimum atomic E-state index is -0.138. The quantitative estimate of drug-likeness (QED) is 0.490. The SMILES string of the molecule is Cc1nn(C)c2nc(-c3ccco3)cc(C(=O)NC(CC(C)C)c3ccccc3)c12. The standard InChI is InChI=1S/C24H26N4O2/c1-15(2)13-19(17-9-6-5-7-10-17)26-24(29)18-14-20(21-11-8-12-30-21)25-23-22(18)16(3)27-28(23)4/h5-12,14-15,19H,13H2,1-4H3,(H,26,29). The number of pyridine rings is 1. The van der Waals surface area contributed by atoms with E-state index >= 15 is 0 Å². The van der Waals surface area contributed by atoms with E-state index in [1.54, 1.807) is 17.0 Å². The van der Waals surface area contributed by atoms with Crippen molar-refractivity contribution in [3.05, 3.63) is 71.6 Å². The van der Waals surface area contributed by atoms with Crippen LogP contribution in [0.4, 0.5) is 0 Å². The summed E-state index contributed by atoms with van der Waals surface area (Å²) in [5.74, 6) is 0.916. The van der Waals surface area contributed by atoms with Gasteiger partial charge in [-0.1, -0.05) is 44.2 Å². The van der Waals surface area contributed by atoms with Gasteiger partial charge in [-0.15, -0.1) is 0 Å². The molecule has 1 amide bonds. The number of carbonyl (C=O) groups is 1. The molecule has 0 aliphatic heterocycles. The first-order valence-electron chi connectivity index (χ1n) is 10.2. The van der Waals surface area contributed by atoms with E-state index in [1.165, 1.54) is 0 Å². The number of nitrogens with one attached hydrogen (secondary N) is 1. The Labute approximate surface area is 175 Å². The fourth-order valence-corrected chi connectivity index (χ4v) is 3.85. The van der Waals surface area contributed by atoms with Gasteiger partial charge in [0.25, 0.3) is 5.91 Å². The summed E-state index contributed by atoms with van der Waals surface area (Å²) >= 11 is 0. The van der Waals surface area contributed by atoms with Crippen LogP contribution in [0, 0.1) is 12.8 Å². The molecule has 1 aromatic carbocycles. The first-order valence-corrected chi connectivity index (χ1v) is 10.2. The van der Waals surface area contributed by atoms with Crippen LogP contribution in [0.3, 0.4) is 0 Å². The summed E-state index contributed by atoms with van der Waals surface area (Å²) in [5, 5.41) is 8.50. The second-order valence-corrected chi connectivity index (χ2v) is 8.01. The van der Waals surface area contributed by atoms with Gasteiger partial charge < -0.3 is 9.73 Å². The largest absolute Gasteiger partial charge is 0.463 e. The topological polar surface area (TPSA) is 73.0 Å². The van der Waals surface area contributed by atoms with E-state index in [2.05, 4.69) is 36.4 Å². The van der Waals surface area contributed by atoms with Crippen molar-refractivity contribution in [2.45, 2.75) is 33.2 Å². The van der Waals surface area contributed by atoms with Crippen LogP contribution in [0.1, 0.15) is 47.9 Å². The van der Waals surface area contributed by atoms with E-state index in [9.17, 15) is 4.79 Å². The predicted molar refractivity (Wildman–Crippen MR) is 117 cm³/mol. The van der Waals surface area contributed by atoms with Crippen LogP contribution in [0.25, 0.3) is 22.5 Å². The molecule has 154 valence electrons. The third-order valence-electron chi connectivity index (χ3n) is 5.20. The molecule has 0 fully saturated rings. The molecule has 4 aromatic rings. The Hall–Kier alpha value is -3.41. The third-order valence-corrected chi connectivity index (χ3v) is 5.20. The summed E-state index contributed by atoms with van der Waals surface area (Å²) in [7, 11) is 1.83. The summed E-state index contributed by atoms with van der Waals surface area (Å²) in [6.45, 7) is 6.22. The maximum absolute atomic E-state index is 13.5. The van der Waals surface area contributed by atoms with Crippen molar-refractivity contribution in [2.75, 3.05) is 0 Å². The van der Waals surface area contributed by atoms with Crippen LogP contribution in [-0.2, 0) is 7.05 Å². The molecule has 0 aliphatic rings. The fraction of sp³-hybridized carbons (Fsp3) is 0.292. The van der Waals surface area contributed by atoms with Gasteiger partial charge in [0.2, 0.25) is 0 Å². The first-order chi connectivity index (χ1) is 14.4. The molecule has 6 nitrogen and oxygen atoms in total. The van der Waals surface area contributed by atoms with Gasteiger partial charge >= 0.3 is 0 Å². The smallest absolute Gasteiger partial charge is 0.252 e. The number of carbonyl (C=O) groups excluding carboxylic acids is 1. The summed E-state index contributed by atoms with van der Waals surface area (Å²) in [6, 6.07) is 15.5. The van der Waals surface area contributed by atoms with Crippen molar-refractivity contribution in [3.63, 3.8) is 0 Å². The number of amides is 1. The molecule has 1 unspecified atom stereocenters. The predicted octanol–water partition coefficient (Wildman–Crippen LogP) is 5.05. The molecular weight excluding hydrogens is 376 g/mol. The Kier molecular flexibility index (Phi) is 5.40. The zero-order valence-corrected chi connectivity index (χ0v) is 17.7. The van der Waals surface area contributed by atoms with E-state index in [-0.39, 0.29) is 11.9 Å². The van der Waals surface area contributed by atoms with Crippen LogP contribution < -0.4 is 5.32 Å². The highest BCUT2D eigenvalue weighted by molar-refractivity contribution is 6.07. The highest BCUT2D eigenvalue weighted by atomic mass is 16.3. The van der Waals surface area contributed by atoms with Crippen molar-refractivity contribution < 1.29 is 9.21 Å². The molecule has 1 N–H and O–H groups in total. The zero-order valence-electron chi connectivity index (χ0n) is 17.7. The average molecular weight is 402 g/mol. The molecule has 0 saturated heterocycles. The van der Waals surface area contributed by atoms with Gasteiger partial charge in [0.05, 0.1) is 28.9 Å². The van der Waals surface area contributed by atoms with E-state index in [4.69, 9.17) is 9.40 Å². The lowest BCUT2D eigenvalue weighted by Gasteiger charge is -2.21. The van der Waals surface area contributed by atoms with E-state index in [1.807, 2.05) is 44.3 Å². The monoisotopic (exact) mass is 402 g/mol. The van der Waals surface area contributed by atoms with Gasteiger partial charge in [-0.3, -0.25) is 9.48 Å². The molecule has 0 spiro atoms. The lowest BCUT2D eigenvalue weighted by atomic mass is 9.96. The Morgan fingerprint density at radius 3 is 2.60 bits per heavy atom. The molecule has 3 heterocycles. The Bertz CT molecular complexity index is 1160. The number of aromatic nitrogens is 3. The lowest BCUT2D eigenvalue weighted by Crippen LogP contribution is -2.29. The number of hydrogen-bond acceptors (Lipinski definition) is 4. The zero-order chi connectivity index (χ0) is 21.3. The molecule has 4 rings (SSSR count). The van der Waals surface area contributed by atoms with Crippen LogP contribution >= 0.6 is 0 Å². The molecular formula is C24H26N4O2. The number of nitrogens with zero attached hydrogens (tertiary/aromatic N) is 3. The number of hydrogen-bond donors (Lipinski definition) is 1. The molecule has 0 saturated carbocycles. The maximum atomic E-state index is 13.5. The van der Waals surface area contributed by atoms with Gasteiger partial charge in [0.1, 0.15) is 5.69 Å². The highest BCUT2D eigenvalue weighted by Gasteiger charge is 2.23. The van der Waals surface area contributed by atoms with Gasteiger partial charge in [-0.2, -0.15) is 5.10 Å². The first kappa shape index (κ1) is 19.9. The molecule has 30 heavy (non-hydrogen) atoms. The maximum Gasteiger partial charge on any atom is 0.252 e. The van der Waals surface area contributed by atoms with Gasteiger partial charge in [0.15, 0.2) is 11.4 Å². The molecule has 3 aromatic heterocycles. The summed E-state index contributed by atoms with van der Waals surface area (Å²) in [4.78, 5) is 18.2. The van der Waals surface area contributed by atoms with Crippen LogP contribution in [0.15, 0.2) is 59.2 Å². The Balaban J connectivity index is 1.78. The van der Waals surface area contributed by atoms with E-state index < -0.39 is 0 Å². The van der Waals surface area contributed by atoms with Crippen molar-refractivity contribution in [3.8, 4) is 11.5 Å². The summed E-state index contributed by atoms with van der Waals surface area (Å²) in [5.41, 5.74) is 3.70. The van der Waals surface area contributed by atoms with Gasteiger partial charge in [-0.05, 0) is 43.0 Å². The van der Waals surface area contributed by atoms with Crippen molar-refractivity contribution >= 4 is 16.9 Å². The number of fused-ring (bicyclic) bond motifs is 1. The van der Waals surface area contributed by atoms with Crippen molar-refractivity contribution in [2.24, 2.45) is 13.0 Å². The molecule has 0 aliphatic carbocycles. The normalized spacial score (nSPS) is 12.4. The number of aryl methyl sites for hydroxylation is 2. The van der Waals surface area contributed by atoms with Gasteiger partial charge in [0, 0.05) is 7.05 Å². The minimum absolute atomic E-state index is 0.0778. The molecule has 0 radical (unpaired) electrons. The molecule has 0 bridgehead atoms. The number of benzene rings is 1. The Morgan fingerprint density at radius 2 is 1.93 bits per heavy atom. The van der Waals surface area contributed by atoms with Gasteiger partial charge in [-0.25, -0.2) is 4.98 Å². The number of rotatable bonds is 6. The van der Waals surface area contributed by atoms with E-state index in [0.717, 1.165) is 23.1 Å². The summed E-state index contributed by atoms with van der Waals surface area (Å²) in [6.07, 6.45) is 2.45. The van der Waals surface area contributed by atoms with Crippen molar-refractivity contribution in [1.82, 2.24) is 20.1 Å². The third kappa shape index (κ3) is 3.85. The lowest BCUT2D eigenvalue weighted by molar-refractivity contribution is 0.0933.